The monoisotopic (exact) mass is 255 g/mol. The molecule has 1 aliphatic rings. The average Bonchev–Trinajstić information content (AvgIpc) is 2.64. The standard InChI is InChI=1S/C16H33NO/c1-4-15(3)12-17(5-2)13-16(14-18)10-8-6-7-9-11-16/h15,18H,4-14H2,1-3H3. The minimum atomic E-state index is 0.194. The van der Waals surface area contributed by atoms with Gasteiger partial charge < -0.3 is 10.0 Å². The SMILES string of the molecule is CCC(C)CN(CC)CC1(CO)CCCCCC1. The van der Waals surface area contributed by atoms with E-state index in [1.807, 2.05) is 0 Å². The molecule has 0 bridgehead atoms. The van der Waals surface area contributed by atoms with Crippen molar-refractivity contribution in [3.05, 3.63) is 0 Å². The normalized spacial score (nSPS) is 21.8. The van der Waals surface area contributed by atoms with Crippen molar-refractivity contribution in [2.24, 2.45) is 11.3 Å². The van der Waals surface area contributed by atoms with Crippen LogP contribution in [0.2, 0.25) is 0 Å². The van der Waals surface area contributed by atoms with Gasteiger partial charge in [0, 0.05) is 25.1 Å². The Labute approximate surface area is 114 Å². The molecule has 18 heavy (non-hydrogen) atoms. The maximum absolute atomic E-state index is 9.88. The fourth-order valence-electron chi connectivity index (χ4n) is 3.19. The molecule has 0 heterocycles. The summed E-state index contributed by atoms with van der Waals surface area (Å²) in [5.41, 5.74) is 0.194. The first kappa shape index (κ1) is 16.0. The number of nitrogens with zero attached hydrogens (tertiary/aromatic N) is 1. The van der Waals surface area contributed by atoms with Crippen LogP contribution in [0.25, 0.3) is 0 Å². The molecule has 0 spiro atoms. The largest absolute Gasteiger partial charge is 0.396 e. The fourth-order valence-corrected chi connectivity index (χ4v) is 3.19. The van der Waals surface area contributed by atoms with E-state index < -0.39 is 0 Å². The highest BCUT2D eigenvalue weighted by atomic mass is 16.3. The summed E-state index contributed by atoms with van der Waals surface area (Å²) in [6.07, 6.45) is 9.03. The molecule has 2 nitrogen and oxygen atoms in total. The lowest BCUT2D eigenvalue weighted by Gasteiger charge is -2.37. The number of aliphatic hydroxyl groups excluding tert-OH is 1. The first-order valence-electron chi connectivity index (χ1n) is 7.99. The van der Waals surface area contributed by atoms with Crippen molar-refractivity contribution < 1.29 is 5.11 Å². The molecule has 1 aliphatic carbocycles. The Balaban J connectivity index is 2.57. The van der Waals surface area contributed by atoms with Crippen LogP contribution in [0.5, 0.6) is 0 Å². The quantitative estimate of drug-likeness (QED) is 0.701. The second-order valence-corrected chi connectivity index (χ2v) is 6.41. The zero-order valence-electron chi connectivity index (χ0n) is 12.7. The summed E-state index contributed by atoms with van der Waals surface area (Å²) in [5.74, 6) is 0.770. The maximum atomic E-state index is 9.88. The van der Waals surface area contributed by atoms with Gasteiger partial charge in [-0.15, -0.1) is 0 Å². The molecule has 0 radical (unpaired) electrons. The molecule has 0 aromatic carbocycles. The van der Waals surface area contributed by atoms with Crippen molar-refractivity contribution in [1.82, 2.24) is 4.90 Å². The second-order valence-electron chi connectivity index (χ2n) is 6.41. The van der Waals surface area contributed by atoms with Crippen LogP contribution >= 0.6 is 0 Å². The van der Waals surface area contributed by atoms with Crippen LogP contribution < -0.4 is 0 Å². The van der Waals surface area contributed by atoms with Gasteiger partial charge in [-0.25, -0.2) is 0 Å². The van der Waals surface area contributed by atoms with Crippen LogP contribution in [0.4, 0.5) is 0 Å². The van der Waals surface area contributed by atoms with E-state index in [-0.39, 0.29) is 5.41 Å². The fraction of sp³-hybridized carbons (Fsp3) is 1.00. The third-order valence-electron chi connectivity index (χ3n) is 4.77. The molecule has 108 valence electrons. The molecule has 0 aromatic rings. The molecule has 1 fully saturated rings. The Morgan fingerprint density at radius 3 is 2.17 bits per heavy atom. The van der Waals surface area contributed by atoms with Crippen molar-refractivity contribution in [3.8, 4) is 0 Å². The van der Waals surface area contributed by atoms with Crippen molar-refractivity contribution >= 4 is 0 Å². The summed E-state index contributed by atoms with van der Waals surface area (Å²) in [5, 5.41) is 9.88. The number of hydrogen-bond donors (Lipinski definition) is 1. The first-order chi connectivity index (χ1) is 8.65. The van der Waals surface area contributed by atoms with E-state index in [1.165, 1.54) is 51.5 Å². The van der Waals surface area contributed by atoms with Gasteiger partial charge in [0.1, 0.15) is 0 Å². The topological polar surface area (TPSA) is 23.5 Å². The molecular formula is C16H33NO. The Hall–Kier alpha value is -0.0800. The molecule has 1 unspecified atom stereocenters. The third kappa shape index (κ3) is 4.89. The summed E-state index contributed by atoms with van der Waals surface area (Å²) >= 11 is 0. The van der Waals surface area contributed by atoms with E-state index in [0.29, 0.717) is 6.61 Å². The Kier molecular flexibility index (Phi) is 7.25. The van der Waals surface area contributed by atoms with Gasteiger partial charge in [0.25, 0.3) is 0 Å². The highest BCUT2D eigenvalue weighted by molar-refractivity contribution is 4.84. The van der Waals surface area contributed by atoms with Crippen LogP contribution in [0.1, 0.15) is 65.7 Å². The first-order valence-corrected chi connectivity index (χ1v) is 7.99. The van der Waals surface area contributed by atoms with Crippen molar-refractivity contribution in [2.75, 3.05) is 26.2 Å². The molecular weight excluding hydrogens is 222 g/mol. The van der Waals surface area contributed by atoms with E-state index in [0.717, 1.165) is 19.0 Å². The second kappa shape index (κ2) is 8.16. The van der Waals surface area contributed by atoms with E-state index in [2.05, 4.69) is 25.7 Å². The smallest absolute Gasteiger partial charge is 0.0499 e. The lowest BCUT2D eigenvalue weighted by atomic mass is 9.80. The van der Waals surface area contributed by atoms with Gasteiger partial charge >= 0.3 is 0 Å². The molecule has 0 aromatic heterocycles. The molecule has 1 saturated carbocycles. The van der Waals surface area contributed by atoms with Crippen LogP contribution in [0.15, 0.2) is 0 Å². The average molecular weight is 255 g/mol. The molecule has 1 atom stereocenters. The van der Waals surface area contributed by atoms with Crippen LogP contribution in [0.3, 0.4) is 0 Å². The van der Waals surface area contributed by atoms with Crippen LogP contribution in [-0.2, 0) is 0 Å². The lowest BCUT2D eigenvalue weighted by molar-refractivity contribution is 0.0558. The lowest BCUT2D eigenvalue weighted by Crippen LogP contribution is -2.41. The molecule has 0 aliphatic heterocycles. The maximum Gasteiger partial charge on any atom is 0.0499 e. The Morgan fingerprint density at radius 2 is 1.72 bits per heavy atom. The number of aliphatic hydroxyl groups is 1. The minimum absolute atomic E-state index is 0.194. The summed E-state index contributed by atoms with van der Waals surface area (Å²) in [4.78, 5) is 2.57. The summed E-state index contributed by atoms with van der Waals surface area (Å²) in [6.45, 7) is 10.6. The molecule has 1 rings (SSSR count). The molecule has 0 amide bonds. The van der Waals surface area contributed by atoms with E-state index >= 15 is 0 Å². The van der Waals surface area contributed by atoms with Gasteiger partial charge in [0.05, 0.1) is 0 Å². The molecule has 2 heteroatoms. The van der Waals surface area contributed by atoms with E-state index in [9.17, 15) is 5.11 Å². The highest BCUT2D eigenvalue weighted by Crippen LogP contribution is 2.35. The van der Waals surface area contributed by atoms with Gasteiger partial charge in [0.2, 0.25) is 0 Å². The minimum Gasteiger partial charge on any atom is -0.396 e. The van der Waals surface area contributed by atoms with Gasteiger partial charge in [-0.1, -0.05) is 52.9 Å². The Bertz CT molecular complexity index is 209. The third-order valence-corrected chi connectivity index (χ3v) is 4.77. The highest BCUT2D eigenvalue weighted by Gasteiger charge is 2.32. The van der Waals surface area contributed by atoms with Gasteiger partial charge in [-0.05, 0) is 25.3 Å². The van der Waals surface area contributed by atoms with Crippen molar-refractivity contribution in [1.29, 1.82) is 0 Å². The predicted octanol–water partition coefficient (Wildman–Crippen LogP) is 3.69. The van der Waals surface area contributed by atoms with Crippen LogP contribution in [0, 0.1) is 11.3 Å². The van der Waals surface area contributed by atoms with Crippen LogP contribution in [-0.4, -0.2) is 36.2 Å². The Morgan fingerprint density at radius 1 is 1.11 bits per heavy atom. The zero-order valence-corrected chi connectivity index (χ0v) is 12.7. The number of hydrogen-bond acceptors (Lipinski definition) is 2. The number of rotatable bonds is 7. The predicted molar refractivity (Wildman–Crippen MR) is 78.8 cm³/mol. The van der Waals surface area contributed by atoms with Crippen molar-refractivity contribution in [3.63, 3.8) is 0 Å². The van der Waals surface area contributed by atoms with E-state index in [1.54, 1.807) is 0 Å². The van der Waals surface area contributed by atoms with Gasteiger partial charge in [-0.2, -0.15) is 0 Å². The summed E-state index contributed by atoms with van der Waals surface area (Å²) < 4.78 is 0. The summed E-state index contributed by atoms with van der Waals surface area (Å²) in [7, 11) is 0. The zero-order chi connectivity index (χ0) is 13.4. The van der Waals surface area contributed by atoms with Gasteiger partial charge in [-0.3, -0.25) is 0 Å². The summed E-state index contributed by atoms with van der Waals surface area (Å²) in [6, 6.07) is 0. The van der Waals surface area contributed by atoms with Gasteiger partial charge in [0.15, 0.2) is 0 Å². The molecule has 1 N–H and O–H groups in total. The molecule has 0 saturated heterocycles. The van der Waals surface area contributed by atoms with E-state index in [4.69, 9.17) is 0 Å². The van der Waals surface area contributed by atoms with Crippen molar-refractivity contribution in [2.45, 2.75) is 65.7 Å².